The molecule has 0 unspecified atom stereocenters. The number of carbonyl (C=O) groups is 1. The molecule has 0 saturated heterocycles. The lowest BCUT2D eigenvalue weighted by Gasteiger charge is -2.09. The van der Waals surface area contributed by atoms with Crippen LogP contribution in [-0.2, 0) is 16.1 Å². The van der Waals surface area contributed by atoms with Gasteiger partial charge >= 0.3 is 5.97 Å². The van der Waals surface area contributed by atoms with Crippen molar-refractivity contribution in [1.29, 1.82) is 0 Å². The van der Waals surface area contributed by atoms with Gasteiger partial charge in [0.15, 0.2) is 6.10 Å². The van der Waals surface area contributed by atoms with Gasteiger partial charge in [-0.3, -0.25) is 0 Å². The van der Waals surface area contributed by atoms with Crippen molar-refractivity contribution in [2.75, 3.05) is 0 Å². The number of carboxylic acids is 1. The maximum Gasteiger partial charge on any atom is 0.332 e. The summed E-state index contributed by atoms with van der Waals surface area (Å²) in [7, 11) is 0. The van der Waals surface area contributed by atoms with Crippen LogP contribution < -0.4 is 0 Å². The Labute approximate surface area is 91.4 Å². The number of aliphatic carboxylic acids is 1. The third kappa shape index (κ3) is 3.18. The maximum atomic E-state index is 13.3. The number of carboxylic acid groups (broad SMARTS) is 1. The van der Waals surface area contributed by atoms with E-state index >= 15 is 0 Å². The molecule has 0 aliphatic heterocycles. The van der Waals surface area contributed by atoms with Crippen LogP contribution in [0.15, 0.2) is 18.2 Å². The van der Waals surface area contributed by atoms with Crippen molar-refractivity contribution in [2.24, 2.45) is 0 Å². The van der Waals surface area contributed by atoms with Gasteiger partial charge in [0, 0.05) is 5.56 Å². The van der Waals surface area contributed by atoms with Crippen LogP contribution in [0.4, 0.5) is 4.39 Å². The molecule has 0 radical (unpaired) electrons. The van der Waals surface area contributed by atoms with E-state index in [1.54, 1.807) is 6.07 Å². The van der Waals surface area contributed by atoms with Crippen LogP contribution >= 0.6 is 11.6 Å². The summed E-state index contributed by atoms with van der Waals surface area (Å²) in [6.45, 7) is 1.27. The van der Waals surface area contributed by atoms with Crippen molar-refractivity contribution in [3.05, 3.63) is 34.6 Å². The molecule has 0 bridgehead atoms. The third-order valence-corrected chi connectivity index (χ3v) is 2.16. The minimum atomic E-state index is -1.09. The highest BCUT2D eigenvalue weighted by atomic mass is 35.5. The molecular weight excluding hydrogens is 223 g/mol. The van der Waals surface area contributed by atoms with Gasteiger partial charge in [0.2, 0.25) is 0 Å². The molecule has 0 spiro atoms. The molecule has 0 fully saturated rings. The number of rotatable bonds is 4. The minimum absolute atomic E-state index is 0.000854. The molecule has 0 saturated carbocycles. The first kappa shape index (κ1) is 11.9. The maximum absolute atomic E-state index is 13.3. The van der Waals surface area contributed by atoms with Crippen LogP contribution in [0.25, 0.3) is 0 Å². The largest absolute Gasteiger partial charge is 0.479 e. The third-order valence-electron chi connectivity index (χ3n) is 1.87. The normalized spacial score (nSPS) is 12.5. The van der Waals surface area contributed by atoms with Gasteiger partial charge in [0.05, 0.1) is 11.6 Å². The molecule has 5 heteroatoms. The summed E-state index contributed by atoms with van der Waals surface area (Å²) < 4.78 is 18.2. The molecule has 3 nitrogen and oxygen atoms in total. The summed E-state index contributed by atoms with van der Waals surface area (Å²) in [6, 6.07) is 4.49. The van der Waals surface area contributed by atoms with Gasteiger partial charge in [-0.05, 0) is 13.0 Å². The molecule has 1 aromatic carbocycles. The van der Waals surface area contributed by atoms with E-state index in [1.807, 2.05) is 0 Å². The molecule has 1 atom stereocenters. The van der Waals surface area contributed by atoms with E-state index in [4.69, 9.17) is 21.4 Å². The fourth-order valence-electron chi connectivity index (χ4n) is 0.946. The van der Waals surface area contributed by atoms with E-state index in [0.29, 0.717) is 0 Å². The van der Waals surface area contributed by atoms with Gasteiger partial charge < -0.3 is 9.84 Å². The topological polar surface area (TPSA) is 46.5 Å². The Bertz CT molecular complexity index is 368. The van der Waals surface area contributed by atoms with Gasteiger partial charge in [-0.25, -0.2) is 9.18 Å². The molecule has 82 valence electrons. The van der Waals surface area contributed by atoms with Gasteiger partial charge in [-0.1, -0.05) is 23.7 Å². The van der Waals surface area contributed by atoms with E-state index in [0.717, 1.165) is 0 Å². The SMILES string of the molecule is C[C@@H](OCc1cccc(Cl)c1F)C(=O)O. The number of halogens is 2. The molecule has 0 aliphatic carbocycles. The Kier molecular flexibility index (Phi) is 4.05. The second-order valence-electron chi connectivity index (χ2n) is 3.00. The molecule has 0 aliphatic rings. The lowest BCUT2D eigenvalue weighted by Crippen LogP contribution is -2.19. The smallest absolute Gasteiger partial charge is 0.332 e. The Morgan fingerprint density at radius 2 is 2.33 bits per heavy atom. The average Bonchev–Trinajstić information content (AvgIpc) is 2.19. The van der Waals surface area contributed by atoms with E-state index < -0.39 is 17.9 Å². The van der Waals surface area contributed by atoms with Crippen molar-refractivity contribution in [2.45, 2.75) is 19.6 Å². The lowest BCUT2D eigenvalue weighted by molar-refractivity contribution is -0.149. The first-order chi connectivity index (χ1) is 7.02. The highest BCUT2D eigenvalue weighted by Crippen LogP contribution is 2.18. The second kappa shape index (κ2) is 5.09. The molecule has 15 heavy (non-hydrogen) atoms. The molecule has 0 amide bonds. The number of ether oxygens (including phenoxy) is 1. The first-order valence-corrected chi connectivity index (χ1v) is 4.67. The number of hydrogen-bond acceptors (Lipinski definition) is 2. The van der Waals surface area contributed by atoms with Crippen LogP contribution in [0.3, 0.4) is 0 Å². The Hall–Kier alpha value is -1.13. The molecule has 0 heterocycles. The molecule has 0 aromatic heterocycles. The predicted molar refractivity (Wildman–Crippen MR) is 53.3 cm³/mol. The fourth-order valence-corrected chi connectivity index (χ4v) is 1.14. The number of benzene rings is 1. The van der Waals surface area contributed by atoms with Gasteiger partial charge in [-0.15, -0.1) is 0 Å². The molecule has 1 rings (SSSR count). The zero-order valence-electron chi connectivity index (χ0n) is 8.04. The Balaban J connectivity index is 2.66. The summed E-state index contributed by atoms with van der Waals surface area (Å²) in [5.74, 6) is -1.66. The van der Waals surface area contributed by atoms with Crippen molar-refractivity contribution in [3.8, 4) is 0 Å². The van der Waals surface area contributed by atoms with Crippen LogP contribution in [0.1, 0.15) is 12.5 Å². The van der Waals surface area contributed by atoms with Crippen LogP contribution in [0.2, 0.25) is 5.02 Å². The van der Waals surface area contributed by atoms with Crippen LogP contribution in [-0.4, -0.2) is 17.2 Å². The zero-order chi connectivity index (χ0) is 11.4. The van der Waals surface area contributed by atoms with Crippen molar-refractivity contribution in [1.82, 2.24) is 0 Å². The van der Waals surface area contributed by atoms with Crippen molar-refractivity contribution >= 4 is 17.6 Å². The fraction of sp³-hybridized carbons (Fsp3) is 0.300. The van der Waals surface area contributed by atoms with Crippen LogP contribution in [0, 0.1) is 5.82 Å². The van der Waals surface area contributed by atoms with Crippen molar-refractivity contribution in [3.63, 3.8) is 0 Å². The summed E-state index contributed by atoms with van der Waals surface area (Å²) in [5, 5.41) is 8.54. The average molecular weight is 233 g/mol. The molecule has 1 N–H and O–H groups in total. The van der Waals surface area contributed by atoms with E-state index in [9.17, 15) is 9.18 Å². The molecule has 1 aromatic rings. The van der Waals surface area contributed by atoms with E-state index in [2.05, 4.69) is 0 Å². The van der Waals surface area contributed by atoms with Gasteiger partial charge in [0.1, 0.15) is 5.82 Å². The number of hydrogen-bond donors (Lipinski definition) is 1. The van der Waals surface area contributed by atoms with E-state index in [-0.39, 0.29) is 17.2 Å². The molecular formula is C10H10ClFO3. The van der Waals surface area contributed by atoms with Crippen molar-refractivity contribution < 1.29 is 19.0 Å². The summed E-state index contributed by atoms with van der Waals surface area (Å²) in [6.07, 6.45) is -0.969. The van der Waals surface area contributed by atoms with Crippen LogP contribution in [0.5, 0.6) is 0 Å². The minimum Gasteiger partial charge on any atom is -0.479 e. The van der Waals surface area contributed by atoms with Gasteiger partial charge in [-0.2, -0.15) is 0 Å². The summed E-state index contributed by atoms with van der Waals surface area (Å²) in [5.41, 5.74) is 0.246. The standard InChI is InChI=1S/C10H10ClFO3/c1-6(10(13)14)15-5-7-3-2-4-8(11)9(7)12/h2-4,6H,5H2,1H3,(H,13,14)/t6-/m1/s1. The Morgan fingerprint density at radius 3 is 2.93 bits per heavy atom. The first-order valence-electron chi connectivity index (χ1n) is 4.29. The lowest BCUT2D eigenvalue weighted by atomic mass is 10.2. The van der Waals surface area contributed by atoms with E-state index in [1.165, 1.54) is 19.1 Å². The summed E-state index contributed by atoms with van der Waals surface area (Å²) in [4.78, 5) is 10.4. The monoisotopic (exact) mass is 232 g/mol. The highest BCUT2D eigenvalue weighted by molar-refractivity contribution is 6.30. The predicted octanol–water partition coefficient (Wildman–Crippen LogP) is 2.47. The zero-order valence-corrected chi connectivity index (χ0v) is 8.79. The quantitative estimate of drug-likeness (QED) is 0.868. The van der Waals surface area contributed by atoms with Gasteiger partial charge in [0.25, 0.3) is 0 Å². The summed E-state index contributed by atoms with van der Waals surface area (Å²) >= 11 is 5.54. The highest BCUT2D eigenvalue weighted by Gasteiger charge is 2.13. The Morgan fingerprint density at radius 1 is 1.67 bits per heavy atom. The second-order valence-corrected chi connectivity index (χ2v) is 3.41.